The van der Waals surface area contributed by atoms with Crippen LogP contribution in [0.4, 0.5) is 0 Å². The second-order valence-corrected chi connectivity index (χ2v) is 5.81. The maximum absolute atomic E-state index is 3.29. The number of nitrogens with zero attached hydrogens (tertiary/aromatic N) is 1. The lowest BCUT2D eigenvalue weighted by Crippen LogP contribution is -2.24. The highest BCUT2D eigenvalue weighted by atomic mass is 15.1. The van der Waals surface area contributed by atoms with Crippen molar-refractivity contribution >= 4 is 5.57 Å². The van der Waals surface area contributed by atoms with Crippen LogP contribution in [-0.2, 0) is 0 Å². The van der Waals surface area contributed by atoms with Gasteiger partial charge in [-0.15, -0.1) is 0 Å². The third-order valence-corrected chi connectivity index (χ3v) is 4.17. The fraction of sp³-hybridized carbons (Fsp3) is 0.333. The van der Waals surface area contributed by atoms with E-state index < -0.39 is 0 Å². The Labute approximate surface area is 121 Å². The Morgan fingerprint density at radius 3 is 2.45 bits per heavy atom. The normalized spacial score (nSPS) is 16.2. The molecule has 0 unspecified atom stereocenters. The Kier molecular flexibility index (Phi) is 3.49. The van der Waals surface area contributed by atoms with Gasteiger partial charge in [-0.3, -0.25) is 0 Å². The molecule has 0 saturated carbocycles. The lowest BCUT2D eigenvalue weighted by molar-refractivity contribution is 0.370. The molecule has 104 valence electrons. The SMILES string of the molecule is Cc1cc(-c2ccc[nH]2)cc(C)c1C1=CCN(C)CC1. The van der Waals surface area contributed by atoms with E-state index in [0.717, 1.165) is 19.5 Å². The number of rotatable bonds is 2. The van der Waals surface area contributed by atoms with Crippen LogP contribution in [-0.4, -0.2) is 30.0 Å². The Bertz CT molecular complexity index is 612. The van der Waals surface area contributed by atoms with Crippen molar-refractivity contribution < 1.29 is 0 Å². The van der Waals surface area contributed by atoms with Crippen molar-refractivity contribution in [1.29, 1.82) is 0 Å². The number of aromatic amines is 1. The number of nitrogens with one attached hydrogen (secondary N) is 1. The van der Waals surface area contributed by atoms with Crippen LogP contribution in [0.15, 0.2) is 36.5 Å². The largest absolute Gasteiger partial charge is 0.361 e. The first-order valence-electron chi connectivity index (χ1n) is 7.28. The van der Waals surface area contributed by atoms with E-state index >= 15 is 0 Å². The van der Waals surface area contributed by atoms with Crippen molar-refractivity contribution in [3.63, 3.8) is 0 Å². The molecule has 2 heteroatoms. The number of hydrogen-bond donors (Lipinski definition) is 1. The Balaban J connectivity index is 2.01. The van der Waals surface area contributed by atoms with Gasteiger partial charge in [-0.1, -0.05) is 6.08 Å². The van der Waals surface area contributed by atoms with Crippen molar-refractivity contribution in [2.24, 2.45) is 0 Å². The van der Waals surface area contributed by atoms with Crippen LogP contribution < -0.4 is 0 Å². The van der Waals surface area contributed by atoms with Gasteiger partial charge in [0.25, 0.3) is 0 Å². The summed E-state index contributed by atoms with van der Waals surface area (Å²) < 4.78 is 0. The molecule has 2 heterocycles. The lowest BCUT2D eigenvalue weighted by atomic mass is 9.90. The molecule has 3 rings (SSSR count). The molecule has 0 atom stereocenters. The second-order valence-electron chi connectivity index (χ2n) is 5.81. The first kappa shape index (κ1) is 13.2. The Morgan fingerprint density at radius 1 is 1.15 bits per heavy atom. The van der Waals surface area contributed by atoms with E-state index in [-0.39, 0.29) is 0 Å². The molecule has 0 fully saturated rings. The highest BCUT2D eigenvalue weighted by Crippen LogP contribution is 2.31. The maximum atomic E-state index is 3.29. The molecule has 0 radical (unpaired) electrons. The summed E-state index contributed by atoms with van der Waals surface area (Å²) in [5.74, 6) is 0. The first-order valence-corrected chi connectivity index (χ1v) is 7.28. The van der Waals surface area contributed by atoms with Gasteiger partial charge in [-0.05, 0) is 79.4 Å². The average Bonchev–Trinajstić information content (AvgIpc) is 2.94. The Morgan fingerprint density at radius 2 is 1.90 bits per heavy atom. The van der Waals surface area contributed by atoms with Crippen LogP contribution in [0, 0.1) is 13.8 Å². The third kappa shape index (κ3) is 2.44. The maximum Gasteiger partial charge on any atom is 0.0454 e. The zero-order valence-electron chi connectivity index (χ0n) is 12.5. The van der Waals surface area contributed by atoms with Crippen LogP contribution in [0.25, 0.3) is 16.8 Å². The quantitative estimate of drug-likeness (QED) is 0.870. The summed E-state index contributed by atoms with van der Waals surface area (Å²) in [5.41, 5.74) is 8.20. The fourth-order valence-electron chi connectivity index (χ4n) is 3.13. The second kappa shape index (κ2) is 5.29. The van der Waals surface area contributed by atoms with Crippen molar-refractivity contribution in [2.45, 2.75) is 20.3 Å². The monoisotopic (exact) mass is 266 g/mol. The van der Waals surface area contributed by atoms with Gasteiger partial charge >= 0.3 is 0 Å². The van der Waals surface area contributed by atoms with Crippen molar-refractivity contribution in [1.82, 2.24) is 9.88 Å². The molecule has 0 saturated heterocycles. The Hall–Kier alpha value is -1.80. The summed E-state index contributed by atoms with van der Waals surface area (Å²) in [6.07, 6.45) is 5.51. The highest BCUT2D eigenvalue weighted by Gasteiger charge is 2.14. The molecule has 0 amide bonds. The van der Waals surface area contributed by atoms with Gasteiger partial charge in [0, 0.05) is 25.0 Å². The van der Waals surface area contributed by atoms with Crippen LogP contribution in [0.5, 0.6) is 0 Å². The van der Waals surface area contributed by atoms with Gasteiger partial charge < -0.3 is 9.88 Å². The summed E-state index contributed by atoms with van der Waals surface area (Å²) in [7, 11) is 2.18. The molecule has 0 spiro atoms. The zero-order chi connectivity index (χ0) is 14.1. The summed E-state index contributed by atoms with van der Waals surface area (Å²) in [5, 5.41) is 0. The van der Waals surface area contributed by atoms with E-state index in [0.29, 0.717) is 0 Å². The molecule has 1 aliphatic rings. The molecule has 1 N–H and O–H groups in total. The topological polar surface area (TPSA) is 19.0 Å². The number of likely N-dealkylation sites (N-methyl/N-ethyl adjacent to an activating group) is 1. The number of aryl methyl sites for hydroxylation is 2. The van der Waals surface area contributed by atoms with E-state index in [1.54, 1.807) is 0 Å². The van der Waals surface area contributed by atoms with Crippen LogP contribution >= 0.6 is 0 Å². The van der Waals surface area contributed by atoms with E-state index in [4.69, 9.17) is 0 Å². The smallest absolute Gasteiger partial charge is 0.0454 e. The molecule has 1 aromatic carbocycles. The van der Waals surface area contributed by atoms with E-state index in [9.17, 15) is 0 Å². The van der Waals surface area contributed by atoms with Crippen LogP contribution in [0.2, 0.25) is 0 Å². The van der Waals surface area contributed by atoms with E-state index in [1.807, 2.05) is 12.3 Å². The zero-order valence-corrected chi connectivity index (χ0v) is 12.5. The predicted molar refractivity (Wildman–Crippen MR) is 85.8 cm³/mol. The van der Waals surface area contributed by atoms with E-state index in [2.05, 4.69) is 55.1 Å². The van der Waals surface area contributed by atoms with Gasteiger partial charge in [-0.25, -0.2) is 0 Å². The van der Waals surface area contributed by atoms with Crippen LogP contribution in [0.1, 0.15) is 23.1 Å². The minimum absolute atomic E-state index is 1.06. The number of aromatic nitrogens is 1. The molecular formula is C18H22N2. The van der Waals surface area contributed by atoms with Crippen molar-refractivity contribution in [3.05, 3.63) is 53.2 Å². The summed E-state index contributed by atoms with van der Waals surface area (Å²) in [6, 6.07) is 8.77. The lowest BCUT2D eigenvalue weighted by Gasteiger charge is -2.24. The molecule has 20 heavy (non-hydrogen) atoms. The van der Waals surface area contributed by atoms with Gasteiger partial charge in [0.15, 0.2) is 0 Å². The van der Waals surface area contributed by atoms with Gasteiger partial charge in [0.05, 0.1) is 0 Å². The van der Waals surface area contributed by atoms with E-state index in [1.165, 1.54) is 33.5 Å². The molecular weight excluding hydrogens is 244 g/mol. The van der Waals surface area contributed by atoms with Gasteiger partial charge in [0.2, 0.25) is 0 Å². The summed E-state index contributed by atoms with van der Waals surface area (Å²) in [6.45, 7) is 6.68. The average molecular weight is 266 g/mol. The number of hydrogen-bond acceptors (Lipinski definition) is 1. The molecule has 2 aromatic rings. The molecule has 1 aromatic heterocycles. The molecule has 0 aliphatic carbocycles. The standard InChI is InChI=1S/C18H22N2/c1-13-11-16(17-5-4-8-19-17)12-14(2)18(13)15-6-9-20(3)10-7-15/h4-6,8,11-12,19H,7,9-10H2,1-3H3. The van der Waals surface area contributed by atoms with Crippen LogP contribution in [0.3, 0.4) is 0 Å². The summed E-state index contributed by atoms with van der Waals surface area (Å²) in [4.78, 5) is 5.65. The molecule has 2 nitrogen and oxygen atoms in total. The fourth-order valence-corrected chi connectivity index (χ4v) is 3.13. The number of H-pyrrole nitrogens is 1. The van der Waals surface area contributed by atoms with Crippen molar-refractivity contribution in [2.75, 3.05) is 20.1 Å². The third-order valence-electron chi connectivity index (χ3n) is 4.17. The molecule has 1 aliphatic heterocycles. The number of benzene rings is 1. The minimum Gasteiger partial charge on any atom is -0.361 e. The van der Waals surface area contributed by atoms with Crippen molar-refractivity contribution in [3.8, 4) is 11.3 Å². The first-order chi connectivity index (χ1) is 9.65. The van der Waals surface area contributed by atoms with Gasteiger partial charge in [0.1, 0.15) is 0 Å². The summed E-state index contributed by atoms with van der Waals surface area (Å²) >= 11 is 0. The van der Waals surface area contributed by atoms with Gasteiger partial charge in [-0.2, -0.15) is 0 Å². The predicted octanol–water partition coefficient (Wildman–Crippen LogP) is 4.02. The minimum atomic E-state index is 1.06. The molecule has 0 bridgehead atoms. The highest BCUT2D eigenvalue weighted by molar-refractivity contribution is 5.75.